The van der Waals surface area contributed by atoms with Crippen molar-refractivity contribution in [2.24, 2.45) is 10.9 Å². The highest BCUT2D eigenvalue weighted by molar-refractivity contribution is 14.1. The van der Waals surface area contributed by atoms with Crippen LogP contribution in [0.4, 0.5) is 0 Å². The second-order valence-electron chi connectivity index (χ2n) is 3.43. The number of halogens is 1. The van der Waals surface area contributed by atoms with Crippen molar-refractivity contribution in [1.29, 1.82) is 0 Å². The van der Waals surface area contributed by atoms with Gasteiger partial charge in [0.25, 0.3) is 0 Å². The average molecular weight is 315 g/mol. The molecule has 1 aliphatic carbocycles. The van der Waals surface area contributed by atoms with Crippen molar-refractivity contribution in [2.75, 3.05) is 0 Å². The van der Waals surface area contributed by atoms with Gasteiger partial charge in [-0.1, -0.05) is 52.4 Å². The Labute approximate surface area is 105 Å². The first-order valence-electron chi connectivity index (χ1n) is 5.04. The second kappa shape index (κ2) is 7.01. The van der Waals surface area contributed by atoms with Gasteiger partial charge in [0, 0.05) is 12.4 Å². The Bertz CT molecular complexity index is 310. The molecule has 15 heavy (non-hydrogen) atoms. The molecule has 80 valence electrons. The van der Waals surface area contributed by atoms with Crippen LogP contribution in [0.2, 0.25) is 0 Å². The standard InChI is InChI=1S/C11H15BINO/c1-2-6-14-8-11(13)9-4-3-5-10(7-9)12-15/h2-3,5-9,11-12,15H,4H2,1H3/b6-2-,14-8-/t9-,11-/m0/s1. The molecule has 2 atom stereocenters. The minimum Gasteiger partial charge on any atom is -0.449 e. The first kappa shape index (κ1) is 12.7. The summed E-state index contributed by atoms with van der Waals surface area (Å²) in [7, 11) is 0.127. The predicted molar refractivity (Wildman–Crippen MR) is 75.8 cm³/mol. The molecular weight excluding hydrogens is 300 g/mol. The molecule has 0 aromatic carbocycles. The molecule has 0 unspecified atom stereocenters. The van der Waals surface area contributed by atoms with E-state index in [1.54, 1.807) is 6.20 Å². The van der Waals surface area contributed by atoms with E-state index in [-0.39, 0.29) is 7.48 Å². The third-order valence-electron chi connectivity index (χ3n) is 2.22. The fourth-order valence-electron chi connectivity index (χ4n) is 1.43. The predicted octanol–water partition coefficient (Wildman–Crippen LogP) is 2.20. The van der Waals surface area contributed by atoms with E-state index >= 15 is 0 Å². The third kappa shape index (κ3) is 4.34. The van der Waals surface area contributed by atoms with Gasteiger partial charge in [0.15, 0.2) is 0 Å². The highest BCUT2D eigenvalue weighted by atomic mass is 127. The molecule has 1 N–H and O–H groups in total. The van der Waals surface area contributed by atoms with Crippen LogP contribution in [0.25, 0.3) is 0 Å². The molecule has 0 spiro atoms. The van der Waals surface area contributed by atoms with Gasteiger partial charge in [-0.15, -0.1) is 0 Å². The van der Waals surface area contributed by atoms with E-state index in [1.807, 2.05) is 25.3 Å². The lowest BCUT2D eigenvalue weighted by atomic mass is 9.80. The monoisotopic (exact) mass is 315 g/mol. The summed E-state index contributed by atoms with van der Waals surface area (Å²) >= 11 is 2.38. The maximum Gasteiger partial charge on any atom is 0.304 e. The molecule has 1 aliphatic rings. The quantitative estimate of drug-likeness (QED) is 0.367. The Kier molecular flexibility index (Phi) is 5.94. The lowest BCUT2D eigenvalue weighted by molar-refractivity contribution is 0.609. The Morgan fingerprint density at radius 3 is 3.20 bits per heavy atom. The highest BCUT2D eigenvalue weighted by Crippen LogP contribution is 2.23. The molecule has 0 saturated heterocycles. The van der Waals surface area contributed by atoms with Crippen molar-refractivity contribution in [1.82, 2.24) is 0 Å². The number of allylic oxidation sites excluding steroid dienone is 5. The molecule has 0 aliphatic heterocycles. The Balaban J connectivity index is 2.57. The van der Waals surface area contributed by atoms with E-state index < -0.39 is 0 Å². The van der Waals surface area contributed by atoms with Crippen LogP contribution in [0.15, 0.2) is 41.0 Å². The van der Waals surface area contributed by atoms with Crippen LogP contribution < -0.4 is 0 Å². The molecule has 0 heterocycles. The first-order valence-corrected chi connectivity index (χ1v) is 6.29. The zero-order chi connectivity index (χ0) is 11.1. The minimum atomic E-state index is 0.127. The Morgan fingerprint density at radius 2 is 2.53 bits per heavy atom. The van der Waals surface area contributed by atoms with E-state index in [1.165, 1.54) is 0 Å². The summed E-state index contributed by atoms with van der Waals surface area (Å²) in [6, 6.07) is 0. The van der Waals surface area contributed by atoms with E-state index in [4.69, 9.17) is 5.02 Å². The van der Waals surface area contributed by atoms with Gasteiger partial charge in [0.1, 0.15) is 0 Å². The van der Waals surface area contributed by atoms with Crippen molar-refractivity contribution in [3.05, 3.63) is 36.0 Å². The zero-order valence-electron chi connectivity index (χ0n) is 8.81. The van der Waals surface area contributed by atoms with Crippen molar-refractivity contribution in [3.63, 3.8) is 0 Å². The number of hydrogen-bond donors (Lipinski definition) is 1. The maximum absolute atomic E-state index is 9.04. The molecule has 2 nitrogen and oxygen atoms in total. The molecule has 0 fully saturated rings. The molecule has 0 radical (unpaired) electrons. The van der Waals surface area contributed by atoms with Crippen LogP contribution in [0.3, 0.4) is 0 Å². The lowest BCUT2D eigenvalue weighted by Crippen LogP contribution is -2.16. The van der Waals surface area contributed by atoms with Gasteiger partial charge < -0.3 is 5.02 Å². The topological polar surface area (TPSA) is 32.6 Å². The summed E-state index contributed by atoms with van der Waals surface area (Å²) in [6.07, 6.45) is 12.9. The maximum atomic E-state index is 9.04. The molecule has 0 aromatic heterocycles. The number of nitrogens with zero attached hydrogens (tertiary/aromatic N) is 1. The van der Waals surface area contributed by atoms with Gasteiger partial charge in [0.05, 0.1) is 3.92 Å². The van der Waals surface area contributed by atoms with Crippen LogP contribution >= 0.6 is 22.6 Å². The van der Waals surface area contributed by atoms with Crippen molar-refractivity contribution < 1.29 is 5.02 Å². The Hall–Kier alpha value is -0.355. The molecule has 4 heteroatoms. The van der Waals surface area contributed by atoms with Crippen molar-refractivity contribution in [3.8, 4) is 0 Å². The lowest BCUT2D eigenvalue weighted by Gasteiger charge is -2.18. The fourth-order valence-corrected chi connectivity index (χ4v) is 2.12. The fraction of sp³-hybridized carbons (Fsp3) is 0.364. The van der Waals surface area contributed by atoms with Crippen LogP contribution in [0, 0.1) is 5.92 Å². The number of aliphatic imine (C=N–C) groups is 1. The van der Waals surface area contributed by atoms with E-state index in [0.29, 0.717) is 9.84 Å². The summed E-state index contributed by atoms with van der Waals surface area (Å²) in [6.45, 7) is 1.95. The molecule has 0 bridgehead atoms. The average Bonchev–Trinajstić information content (AvgIpc) is 2.29. The van der Waals surface area contributed by atoms with Gasteiger partial charge in [-0.2, -0.15) is 0 Å². The number of alkyl halides is 1. The number of hydrogen-bond acceptors (Lipinski definition) is 2. The van der Waals surface area contributed by atoms with Crippen LogP contribution in [0.1, 0.15) is 13.3 Å². The minimum absolute atomic E-state index is 0.127. The first-order chi connectivity index (χ1) is 7.27. The molecule has 0 aromatic rings. The SMILES string of the molecule is C/C=C\N=C/[C@H](I)[C@@H]1C=C(BO)C=CC1. The van der Waals surface area contributed by atoms with Crippen molar-refractivity contribution >= 4 is 36.3 Å². The molecule has 0 amide bonds. The van der Waals surface area contributed by atoms with Crippen LogP contribution in [-0.4, -0.2) is 22.6 Å². The summed E-state index contributed by atoms with van der Waals surface area (Å²) < 4.78 is 0.380. The van der Waals surface area contributed by atoms with Gasteiger partial charge >= 0.3 is 7.48 Å². The second-order valence-corrected chi connectivity index (χ2v) is 4.86. The van der Waals surface area contributed by atoms with Crippen LogP contribution in [-0.2, 0) is 0 Å². The summed E-state index contributed by atoms with van der Waals surface area (Å²) in [5, 5.41) is 9.04. The van der Waals surface area contributed by atoms with E-state index in [0.717, 1.165) is 11.9 Å². The summed E-state index contributed by atoms with van der Waals surface area (Å²) in [5.41, 5.74) is 1.01. The smallest absolute Gasteiger partial charge is 0.304 e. The third-order valence-corrected chi connectivity index (χ3v) is 3.47. The summed E-state index contributed by atoms with van der Waals surface area (Å²) in [4.78, 5) is 4.19. The van der Waals surface area contributed by atoms with E-state index in [9.17, 15) is 0 Å². The van der Waals surface area contributed by atoms with Crippen molar-refractivity contribution in [2.45, 2.75) is 17.3 Å². The Morgan fingerprint density at radius 1 is 1.73 bits per heavy atom. The summed E-state index contributed by atoms with van der Waals surface area (Å²) in [5.74, 6) is 0.451. The molecule has 0 saturated carbocycles. The van der Waals surface area contributed by atoms with Gasteiger partial charge in [-0.3, -0.25) is 4.99 Å². The van der Waals surface area contributed by atoms with Gasteiger partial charge in [-0.25, -0.2) is 0 Å². The largest absolute Gasteiger partial charge is 0.449 e. The van der Waals surface area contributed by atoms with E-state index in [2.05, 4.69) is 39.7 Å². The molecule has 1 rings (SSSR count). The zero-order valence-corrected chi connectivity index (χ0v) is 11.0. The molecular formula is C11H15BINO. The number of rotatable bonds is 4. The highest BCUT2D eigenvalue weighted by Gasteiger charge is 2.16. The van der Waals surface area contributed by atoms with Gasteiger partial charge in [0.2, 0.25) is 0 Å². The van der Waals surface area contributed by atoms with Crippen LogP contribution in [0.5, 0.6) is 0 Å². The van der Waals surface area contributed by atoms with Gasteiger partial charge in [-0.05, 0) is 19.3 Å². The normalized spacial score (nSPS) is 23.4.